The molecular formula is C17H19F2N3O2. The molecule has 1 fully saturated rings. The molecular weight excluding hydrogens is 316 g/mol. The van der Waals surface area contributed by atoms with E-state index in [1.54, 1.807) is 6.20 Å². The molecule has 1 aliphatic rings. The molecule has 0 bridgehead atoms. The number of benzene rings is 1. The lowest BCUT2D eigenvalue weighted by Gasteiger charge is -2.18. The number of hydrogen-bond acceptors (Lipinski definition) is 3. The van der Waals surface area contributed by atoms with Crippen molar-refractivity contribution in [2.75, 3.05) is 13.2 Å². The van der Waals surface area contributed by atoms with Gasteiger partial charge in [0.2, 0.25) is 0 Å². The summed E-state index contributed by atoms with van der Waals surface area (Å²) >= 11 is 0. The number of nitrogens with zero attached hydrogens (tertiary/aromatic N) is 2. The van der Waals surface area contributed by atoms with Crippen LogP contribution in [0.25, 0.3) is 0 Å². The summed E-state index contributed by atoms with van der Waals surface area (Å²) in [4.78, 5) is 12.1. The lowest BCUT2D eigenvalue weighted by atomic mass is 9.97. The van der Waals surface area contributed by atoms with Crippen molar-refractivity contribution in [2.45, 2.75) is 26.0 Å². The number of halogens is 2. The molecule has 24 heavy (non-hydrogen) atoms. The number of rotatable bonds is 5. The molecule has 128 valence electrons. The minimum absolute atomic E-state index is 0.0898. The molecule has 3 rings (SSSR count). The van der Waals surface area contributed by atoms with E-state index in [1.807, 2.05) is 17.8 Å². The zero-order valence-electron chi connectivity index (χ0n) is 13.3. The van der Waals surface area contributed by atoms with E-state index in [0.29, 0.717) is 19.2 Å². The molecule has 5 nitrogen and oxygen atoms in total. The Morgan fingerprint density at radius 1 is 1.46 bits per heavy atom. The summed E-state index contributed by atoms with van der Waals surface area (Å²) < 4.78 is 34.1. The van der Waals surface area contributed by atoms with Crippen LogP contribution in [0.15, 0.2) is 30.6 Å². The first-order chi connectivity index (χ1) is 11.6. The Balaban J connectivity index is 1.63. The number of aromatic nitrogens is 2. The third-order valence-electron chi connectivity index (χ3n) is 4.22. The number of amides is 1. The molecule has 2 heterocycles. The SMILES string of the molecule is CCn1cc([C@@H]2OCC[C@H]2CNC(=O)c2ccc(F)cc2F)cn1. The van der Waals surface area contributed by atoms with Crippen molar-refractivity contribution in [2.24, 2.45) is 5.92 Å². The van der Waals surface area contributed by atoms with Gasteiger partial charge in [0.05, 0.1) is 17.9 Å². The van der Waals surface area contributed by atoms with Crippen molar-refractivity contribution >= 4 is 5.91 Å². The topological polar surface area (TPSA) is 56.1 Å². The highest BCUT2D eigenvalue weighted by Crippen LogP contribution is 2.33. The zero-order valence-corrected chi connectivity index (χ0v) is 13.3. The predicted molar refractivity (Wildman–Crippen MR) is 83.4 cm³/mol. The fourth-order valence-corrected chi connectivity index (χ4v) is 2.90. The van der Waals surface area contributed by atoms with Crippen molar-refractivity contribution in [3.63, 3.8) is 0 Å². The fourth-order valence-electron chi connectivity index (χ4n) is 2.90. The summed E-state index contributed by atoms with van der Waals surface area (Å²) in [5, 5.41) is 6.95. The van der Waals surface area contributed by atoms with Gasteiger partial charge in [0, 0.05) is 43.4 Å². The Morgan fingerprint density at radius 3 is 3.00 bits per heavy atom. The van der Waals surface area contributed by atoms with Gasteiger partial charge in [-0.2, -0.15) is 5.10 Å². The maximum absolute atomic E-state index is 13.6. The number of aryl methyl sites for hydroxylation is 1. The van der Waals surface area contributed by atoms with Crippen LogP contribution in [0.2, 0.25) is 0 Å². The summed E-state index contributed by atoms with van der Waals surface area (Å²) in [6.07, 6.45) is 4.37. The van der Waals surface area contributed by atoms with Gasteiger partial charge in [0.25, 0.3) is 5.91 Å². The number of carbonyl (C=O) groups excluding carboxylic acids is 1. The van der Waals surface area contributed by atoms with Crippen molar-refractivity contribution in [1.82, 2.24) is 15.1 Å². The largest absolute Gasteiger partial charge is 0.373 e. The van der Waals surface area contributed by atoms with E-state index >= 15 is 0 Å². The first kappa shape index (κ1) is 16.6. The molecule has 2 aromatic rings. The number of hydrogen-bond donors (Lipinski definition) is 1. The molecule has 0 aliphatic carbocycles. The monoisotopic (exact) mass is 335 g/mol. The van der Waals surface area contributed by atoms with Gasteiger partial charge in [-0.05, 0) is 25.5 Å². The highest BCUT2D eigenvalue weighted by Gasteiger charge is 2.31. The van der Waals surface area contributed by atoms with Crippen LogP contribution in [0.1, 0.15) is 35.4 Å². The molecule has 1 N–H and O–H groups in total. The Labute approximate surface area is 138 Å². The summed E-state index contributed by atoms with van der Waals surface area (Å²) in [5.74, 6) is -2.04. The lowest BCUT2D eigenvalue weighted by molar-refractivity contribution is 0.0844. The predicted octanol–water partition coefficient (Wildman–Crippen LogP) is 2.69. The average Bonchev–Trinajstić information content (AvgIpc) is 3.21. The van der Waals surface area contributed by atoms with E-state index in [4.69, 9.17) is 4.74 Å². The van der Waals surface area contributed by atoms with Crippen molar-refractivity contribution in [3.8, 4) is 0 Å². The second kappa shape index (κ2) is 7.09. The summed E-state index contributed by atoms with van der Waals surface area (Å²) in [6.45, 7) is 3.74. The third kappa shape index (κ3) is 3.46. The standard InChI is InChI=1S/C17H19F2N3O2/c1-2-22-10-12(9-21-22)16-11(5-6-24-16)8-20-17(23)14-4-3-13(18)7-15(14)19/h3-4,7,9-11,16H,2,5-6,8H2,1H3,(H,20,23)/t11-,16+/m0/s1. The van der Waals surface area contributed by atoms with Crippen LogP contribution in [0, 0.1) is 17.6 Å². The van der Waals surface area contributed by atoms with Gasteiger partial charge in [-0.1, -0.05) is 0 Å². The third-order valence-corrected chi connectivity index (χ3v) is 4.22. The Kier molecular flexibility index (Phi) is 4.89. The molecule has 2 atom stereocenters. The van der Waals surface area contributed by atoms with Gasteiger partial charge in [0.15, 0.2) is 0 Å². The van der Waals surface area contributed by atoms with Crippen LogP contribution in [0.5, 0.6) is 0 Å². The molecule has 0 spiro atoms. The number of ether oxygens (including phenoxy) is 1. The summed E-state index contributed by atoms with van der Waals surface area (Å²) in [7, 11) is 0. The molecule has 0 saturated carbocycles. The molecule has 1 saturated heterocycles. The van der Waals surface area contributed by atoms with Crippen molar-refractivity contribution in [3.05, 3.63) is 53.4 Å². The van der Waals surface area contributed by atoms with E-state index in [9.17, 15) is 13.6 Å². The van der Waals surface area contributed by atoms with Crippen molar-refractivity contribution < 1.29 is 18.3 Å². The molecule has 0 unspecified atom stereocenters. The molecule has 7 heteroatoms. The molecule has 1 amide bonds. The Morgan fingerprint density at radius 2 is 2.29 bits per heavy atom. The minimum atomic E-state index is -0.865. The van der Waals surface area contributed by atoms with E-state index in [-0.39, 0.29) is 17.6 Å². The first-order valence-corrected chi connectivity index (χ1v) is 7.95. The second-order valence-electron chi connectivity index (χ2n) is 5.80. The quantitative estimate of drug-likeness (QED) is 0.914. The Hall–Kier alpha value is -2.28. The van der Waals surface area contributed by atoms with Gasteiger partial charge < -0.3 is 10.1 Å². The van der Waals surface area contributed by atoms with E-state index < -0.39 is 17.5 Å². The van der Waals surface area contributed by atoms with Gasteiger partial charge in [-0.3, -0.25) is 9.48 Å². The van der Waals surface area contributed by atoms with E-state index in [2.05, 4.69) is 10.4 Å². The highest BCUT2D eigenvalue weighted by atomic mass is 19.1. The van der Waals surface area contributed by atoms with Crippen LogP contribution in [0.4, 0.5) is 8.78 Å². The van der Waals surface area contributed by atoms with Gasteiger partial charge >= 0.3 is 0 Å². The smallest absolute Gasteiger partial charge is 0.254 e. The fraction of sp³-hybridized carbons (Fsp3) is 0.412. The van der Waals surface area contributed by atoms with Crippen LogP contribution < -0.4 is 5.32 Å². The molecule has 1 aromatic carbocycles. The van der Waals surface area contributed by atoms with Crippen LogP contribution in [0.3, 0.4) is 0 Å². The summed E-state index contributed by atoms with van der Waals surface area (Å²) in [6, 6.07) is 2.92. The van der Waals surface area contributed by atoms with Gasteiger partial charge in [0.1, 0.15) is 11.6 Å². The van der Waals surface area contributed by atoms with Crippen LogP contribution in [-0.2, 0) is 11.3 Å². The number of nitrogens with one attached hydrogen (secondary N) is 1. The molecule has 1 aliphatic heterocycles. The second-order valence-corrected chi connectivity index (χ2v) is 5.80. The lowest BCUT2D eigenvalue weighted by Crippen LogP contribution is -2.31. The van der Waals surface area contributed by atoms with Crippen molar-refractivity contribution in [1.29, 1.82) is 0 Å². The van der Waals surface area contributed by atoms with E-state index in [1.165, 1.54) is 0 Å². The highest BCUT2D eigenvalue weighted by molar-refractivity contribution is 5.94. The maximum atomic E-state index is 13.6. The number of carbonyl (C=O) groups is 1. The summed E-state index contributed by atoms with van der Waals surface area (Å²) in [5.41, 5.74) is 0.812. The average molecular weight is 335 g/mol. The molecule has 0 radical (unpaired) electrons. The maximum Gasteiger partial charge on any atom is 0.254 e. The van der Waals surface area contributed by atoms with E-state index in [0.717, 1.165) is 30.7 Å². The van der Waals surface area contributed by atoms with Crippen LogP contribution >= 0.6 is 0 Å². The van der Waals surface area contributed by atoms with Crippen LogP contribution in [-0.4, -0.2) is 28.8 Å². The molecule has 1 aromatic heterocycles. The normalized spacial score (nSPS) is 20.3. The first-order valence-electron chi connectivity index (χ1n) is 7.95. The minimum Gasteiger partial charge on any atom is -0.373 e. The zero-order chi connectivity index (χ0) is 17.1. The Bertz CT molecular complexity index is 732. The van der Waals surface area contributed by atoms with Gasteiger partial charge in [-0.15, -0.1) is 0 Å². The van der Waals surface area contributed by atoms with Gasteiger partial charge in [-0.25, -0.2) is 8.78 Å².